The van der Waals surface area contributed by atoms with Crippen LogP contribution in [0.1, 0.15) is 32.1 Å². The summed E-state index contributed by atoms with van der Waals surface area (Å²) in [6, 6.07) is 7.63. The van der Waals surface area contributed by atoms with Crippen molar-refractivity contribution in [2.24, 2.45) is 0 Å². The van der Waals surface area contributed by atoms with Gasteiger partial charge in [-0.15, -0.1) is 10.2 Å². The lowest BCUT2D eigenvalue weighted by molar-refractivity contribution is 0.218. The maximum atomic E-state index is 4.67. The number of aromatic nitrogens is 7. The molecule has 158 valence electrons. The molecule has 0 amide bonds. The second-order valence-electron chi connectivity index (χ2n) is 8.61. The normalized spacial score (nSPS) is 23.2. The Bertz CT molecular complexity index is 1170. The number of hydrogen-bond acceptors (Lipinski definition) is 7. The molecule has 0 saturated carbocycles. The fourth-order valence-corrected chi connectivity index (χ4v) is 5.12. The summed E-state index contributed by atoms with van der Waals surface area (Å²) in [4.78, 5) is 6.88. The van der Waals surface area contributed by atoms with E-state index in [2.05, 4.69) is 47.7 Å². The van der Waals surface area contributed by atoms with Gasteiger partial charge in [0.05, 0.1) is 23.6 Å². The summed E-state index contributed by atoms with van der Waals surface area (Å²) in [5.74, 6) is 0.685. The van der Waals surface area contributed by atoms with E-state index in [1.165, 1.54) is 19.3 Å². The number of fused-ring (bicyclic) bond motifs is 3. The van der Waals surface area contributed by atoms with E-state index in [1.54, 1.807) is 6.20 Å². The molecular formula is C22H25N9. The zero-order valence-corrected chi connectivity index (χ0v) is 17.4. The molecule has 9 heteroatoms. The third-order valence-electron chi connectivity index (χ3n) is 6.72. The Morgan fingerprint density at radius 1 is 1.10 bits per heavy atom. The highest BCUT2D eigenvalue weighted by molar-refractivity contribution is 5.97. The summed E-state index contributed by atoms with van der Waals surface area (Å²) in [5.41, 5.74) is 3.53. The minimum atomic E-state index is 0.457. The molecule has 2 N–H and O–H groups in total. The monoisotopic (exact) mass is 415 g/mol. The predicted octanol–water partition coefficient (Wildman–Crippen LogP) is 2.71. The number of hydrogen-bond donors (Lipinski definition) is 2. The van der Waals surface area contributed by atoms with Gasteiger partial charge in [-0.2, -0.15) is 10.2 Å². The lowest BCUT2D eigenvalue weighted by atomic mass is 9.83. The second kappa shape index (κ2) is 7.42. The van der Waals surface area contributed by atoms with Gasteiger partial charge in [-0.3, -0.25) is 5.10 Å². The topological polar surface area (TPSA) is 100 Å². The summed E-state index contributed by atoms with van der Waals surface area (Å²) < 4.78 is 1.82. The van der Waals surface area contributed by atoms with Crippen LogP contribution in [-0.2, 0) is 0 Å². The summed E-state index contributed by atoms with van der Waals surface area (Å²) >= 11 is 0. The van der Waals surface area contributed by atoms with Gasteiger partial charge in [0.15, 0.2) is 0 Å². The largest absolute Gasteiger partial charge is 0.339 e. The number of anilines is 1. The molecule has 2 aliphatic rings. The molecule has 6 rings (SSSR count). The van der Waals surface area contributed by atoms with Crippen molar-refractivity contribution >= 4 is 16.9 Å². The van der Waals surface area contributed by atoms with Crippen molar-refractivity contribution in [3.63, 3.8) is 0 Å². The Morgan fingerprint density at radius 3 is 2.71 bits per heavy atom. The van der Waals surface area contributed by atoms with Crippen molar-refractivity contribution in [2.45, 2.75) is 50.2 Å². The van der Waals surface area contributed by atoms with Crippen molar-refractivity contribution in [1.82, 2.24) is 40.5 Å². The zero-order chi connectivity index (χ0) is 20.8. The van der Waals surface area contributed by atoms with E-state index in [4.69, 9.17) is 0 Å². The molecule has 2 aliphatic heterocycles. The van der Waals surface area contributed by atoms with Gasteiger partial charge in [-0.05, 0) is 43.9 Å². The van der Waals surface area contributed by atoms with E-state index >= 15 is 0 Å². The molecule has 2 saturated heterocycles. The Labute approximate surface area is 179 Å². The van der Waals surface area contributed by atoms with Gasteiger partial charge in [-0.1, -0.05) is 6.42 Å². The van der Waals surface area contributed by atoms with Crippen LogP contribution in [0.5, 0.6) is 0 Å². The van der Waals surface area contributed by atoms with Crippen molar-refractivity contribution in [2.75, 3.05) is 11.9 Å². The highest BCUT2D eigenvalue weighted by atomic mass is 15.3. The minimum Gasteiger partial charge on any atom is -0.339 e. The summed E-state index contributed by atoms with van der Waals surface area (Å²) in [6.45, 7) is 0. The van der Waals surface area contributed by atoms with E-state index in [1.807, 2.05) is 41.5 Å². The molecule has 2 fully saturated rings. The van der Waals surface area contributed by atoms with Gasteiger partial charge in [-0.25, -0.2) is 9.67 Å². The first-order chi connectivity index (χ1) is 15.3. The quantitative estimate of drug-likeness (QED) is 0.528. The van der Waals surface area contributed by atoms with Gasteiger partial charge < -0.3 is 10.2 Å². The molecule has 31 heavy (non-hydrogen) atoms. The maximum absolute atomic E-state index is 4.67. The maximum Gasteiger partial charge on any atom is 0.245 e. The molecular weight excluding hydrogens is 390 g/mol. The average Bonchev–Trinajstić information content (AvgIpc) is 3.50. The lowest BCUT2D eigenvalue weighted by Crippen LogP contribution is -2.54. The van der Waals surface area contributed by atoms with Crippen LogP contribution in [0.15, 0.2) is 43.0 Å². The molecule has 1 unspecified atom stereocenters. The summed E-state index contributed by atoms with van der Waals surface area (Å²) in [5, 5.41) is 25.4. The van der Waals surface area contributed by atoms with E-state index in [-0.39, 0.29) is 0 Å². The molecule has 0 spiro atoms. The van der Waals surface area contributed by atoms with E-state index in [0.717, 1.165) is 40.7 Å². The minimum absolute atomic E-state index is 0.457. The Morgan fingerprint density at radius 2 is 1.97 bits per heavy atom. The van der Waals surface area contributed by atoms with Crippen LogP contribution in [-0.4, -0.2) is 60.3 Å². The van der Waals surface area contributed by atoms with Crippen LogP contribution < -0.4 is 10.2 Å². The number of nitrogens with zero attached hydrogens (tertiary/aromatic N) is 7. The number of piperidine rings is 2. The van der Waals surface area contributed by atoms with Gasteiger partial charge in [0.1, 0.15) is 5.69 Å². The fourth-order valence-electron chi connectivity index (χ4n) is 5.12. The number of aromatic amines is 1. The predicted molar refractivity (Wildman–Crippen MR) is 118 cm³/mol. The molecule has 2 bridgehead atoms. The van der Waals surface area contributed by atoms with Crippen LogP contribution in [0, 0.1) is 0 Å². The fraction of sp³-hybridized carbons (Fsp3) is 0.409. The molecule has 0 aliphatic carbocycles. The van der Waals surface area contributed by atoms with Crippen LogP contribution in [0.4, 0.5) is 5.95 Å². The Balaban J connectivity index is 1.28. The van der Waals surface area contributed by atoms with E-state index in [0.29, 0.717) is 24.1 Å². The van der Waals surface area contributed by atoms with E-state index in [9.17, 15) is 0 Å². The number of H-pyrrole nitrogens is 1. The standard InChI is InChI=1S/C22H25N9/c1-30(16-10-14-4-2-5-15(11-16)26-14)22-23-13-19(27-29-22)17-6-7-20(31-9-3-8-25-31)21-18(17)12-24-28-21/h3,6-9,12-16,26H,2,4-5,10-11H2,1H3,(H,24,28)/t14-,15+,16?. The van der Waals surface area contributed by atoms with Crippen molar-refractivity contribution in [3.05, 3.63) is 43.0 Å². The SMILES string of the molecule is CN(c1ncc(-c2ccc(-n3cccn3)c3[nH]ncc23)nn1)C1C[C@H]2CCC[C@@H](C1)N2. The summed E-state index contributed by atoms with van der Waals surface area (Å²) in [7, 11) is 2.09. The van der Waals surface area contributed by atoms with Crippen LogP contribution in [0.2, 0.25) is 0 Å². The zero-order valence-electron chi connectivity index (χ0n) is 17.4. The number of rotatable bonds is 4. The van der Waals surface area contributed by atoms with Crippen LogP contribution >= 0.6 is 0 Å². The molecule has 4 aromatic rings. The number of benzene rings is 1. The van der Waals surface area contributed by atoms with Crippen molar-refractivity contribution in [3.8, 4) is 16.9 Å². The molecule has 9 nitrogen and oxygen atoms in total. The molecule has 0 radical (unpaired) electrons. The number of nitrogens with one attached hydrogen (secondary N) is 2. The highest BCUT2D eigenvalue weighted by Crippen LogP contribution is 2.31. The molecule has 5 heterocycles. The Hall–Kier alpha value is -3.33. The van der Waals surface area contributed by atoms with Gasteiger partial charge in [0, 0.05) is 48.5 Å². The smallest absolute Gasteiger partial charge is 0.245 e. The third-order valence-corrected chi connectivity index (χ3v) is 6.72. The first-order valence-corrected chi connectivity index (χ1v) is 10.9. The molecule has 3 atom stereocenters. The van der Waals surface area contributed by atoms with E-state index < -0.39 is 0 Å². The van der Waals surface area contributed by atoms with Gasteiger partial charge in [0.25, 0.3) is 0 Å². The third kappa shape index (κ3) is 3.25. The summed E-state index contributed by atoms with van der Waals surface area (Å²) in [6.07, 6.45) is 13.5. The molecule has 1 aromatic carbocycles. The first-order valence-electron chi connectivity index (χ1n) is 10.9. The van der Waals surface area contributed by atoms with Gasteiger partial charge >= 0.3 is 0 Å². The van der Waals surface area contributed by atoms with Crippen molar-refractivity contribution in [1.29, 1.82) is 0 Å². The molecule has 3 aromatic heterocycles. The van der Waals surface area contributed by atoms with Crippen LogP contribution in [0.25, 0.3) is 27.8 Å². The van der Waals surface area contributed by atoms with Gasteiger partial charge in [0.2, 0.25) is 5.95 Å². The van der Waals surface area contributed by atoms with Crippen molar-refractivity contribution < 1.29 is 0 Å². The highest BCUT2D eigenvalue weighted by Gasteiger charge is 2.33. The lowest BCUT2D eigenvalue weighted by Gasteiger charge is -2.43. The Kier molecular flexibility index (Phi) is 4.41. The second-order valence-corrected chi connectivity index (χ2v) is 8.61. The van der Waals surface area contributed by atoms with Crippen LogP contribution in [0.3, 0.4) is 0 Å². The first kappa shape index (κ1) is 18.4. The average molecular weight is 416 g/mol.